The summed E-state index contributed by atoms with van der Waals surface area (Å²) in [6.07, 6.45) is 1.56. The summed E-state index contributed by atoms with van der Waals surface area (Å²) in [5, 5.41) is 0. The highest BCUT2D eigenvalue weighted by molar-refractivity contribution is 14.1. The van der Waals surface area contributed by atoms with Gasteiger partial charge in [0.1, 0.15) is 5.82 Å². The fourth-order valence-corrected chi connectivity index (χ4v) is 1.38. The van der Waals surface area contributed by atoms with Gasteiger partial charge in [0, 0.05) is 6.07 Å². The van der Waals surface area contributed by atoms with Crippen molar-refractivity contribution >= 4 is 33.6 Å². The van der Waals surface area contributed by atoms with Crippen LogP contribution in [0.4, 0.5) is 4.39 Å². The molecule has 0 aliphatic heterocycles. The highest BCUT2D eigenvalue weighted by Gasteiger charge is 2.02. The molecule has 0 spiro atoms. The Morgan fingerprint density at radius 1 is 1.45 bits per heavy atom. The average molecular weight is 262 g/mol. The van der Waals surface area contributed by atoms with Gasteiger partial charge in [-0.3, -0.25) is 0 Å². The van der Waals surface area contributed by atoms with E-state index in [1.165, 1.54) is 6.07 Å². The van der Waals surface area contributed by atoms with Gasteiger partial charge in [-0.25, -0.2) is 9.37 Å². The van der Waals surface area contributed by atoms with E-state index in [9.17, 15) is 4.39 Å². The lowest BCUT2D eigenvalue weighted by Crippen LogP contribution is -1.80. The number of imidazole rings is 1. The zero-order valence-corrected chi connectivity index (χ0v) is 7.59. The standard InChI is InChI=1S/C7H4FIN2/c8-4-1-6-7(2-5(4)9)11-3-10-6/h1-3H,(H,10,11). The maximum Gasteiger partial charge on any atom is 0.138 e. The van der Waals surface area contributed by atoms with Crippen LogP contribution in [-0.2, 0) is 0 Å². The Bertz CT molecular complexity index is 360. The average Bonchev–Trinajstić information content (AvgIpc) is 2.36. The molecule has 0 unspecified atom stereocenters. The first-order valence-corrected chi connectivity index (χ1v) is 4.13. The van der Waals surface area contributed by atoms with Gasteiger partial charge in [-0.1, -0.05) is 0 Å². The third kappa shape index (κ3) is 1.11. The minimum Gasteiger partial charge on any atom is -0.345 e. The van der Waals surface area contributed by atoms with Gasteiger partial charge in [0.25, 0.3) is 0 Å². The van der Waals surface area contributed by atoms with Gasteiger partial charge >= 0.3 is 0 Å². The molecular weight excluding hydrogens is 258 g/mol. The molecule has 0 saturated heterocycles. The Balaban J connectivity index is 2.86. The number of nitrogens with zero attached hydrogens (tertiary/aromatic N) is 1. The summed E-state index contributed by atoms with van der Waals surface area (Å²) in [6.45, 7) is 0. The molecule has 0 aliphatic rings. The van der Waals surface area contributed by atoms with Crippen LogP contribution < -0.4 is 0 Å². The molecule has 0 aliphatic carbocycles. The fourth-order valence-electron chi connectivity index (χ4n) is 0.930. The molecule has 1 aromatic heterocycles. The number of hydrogen-bond acceptors (Lipinski definition) is 1. The topological polar surface area (TPSA) is 28.7 Å². The molecule has 0 bridgehead atoms. The molecule has 2 aromatic rings. The first kappa shape index (κ1) is 7.02. The van der Waals surface area contributed by atoms with Crippen molar-refractivity contribution in [2.45, 2.75) is 0 Å². The lowest BCUT2D eigenvalue weighted by atomic mass is 10.3. The van der Waals surface area contributed by atoms with E-state index in [1.54, 1.807) is 12.4 Å². The Morgan fingerprint density at radius 2 is 2.27 bits per heavy atom. The maximum absolute atomic E-state index is 12.9. The van der Waals surface area contributed by atoms with Crippen molar-refractivity contribution in [3.8, 4) is 0 Å². The molecule has 2 nitrogen and oxygen atoms in total. The van der Waals surface area contributed by atoms with Crippen molar-refractivity contribution < 1.29 is 4.39 Å². The van der Waals surface area contributed by atoms with Crippen molar-refractivity contribution in [3.05, 3.63) is 27.8 Å². The van der Waals surface area contributed by atoms with E-state index in [4.69, 9.17) is 0 Å². The normalized spacial score (nSPS) is 10.7. The molecule has 56 valence electrons. The van der Waals surface area contributed by atoms with Gasteiger partial charge in [0.2, 0.25) is 0 Å². The van der Waals surface area contributed by atoms with Gasteiger partial charge < -0.3 is 4.98 Å². The summed E-state index contributed by atoms with van der Waals surface area (Å²) < 4.78 is 13.5. The molecule has 1 N–H and O–H groups in total. The molecule has 11 heavy (non-hydrogen) atoms. The van der Waals surface area contributed by atoms with E-state index in [2.05, 4.69) is 9.97 Å². The second kappa shape index (κ2) is 2.44. The van der Waals surface area contributed by atoms with E-state index in [1.807, 2.05) is 22.6 Å². The number of H-pyrrole nitrogens is 1. The largest absolute Gasteiger partial charge is 0.345 e. The van der Waals surface area contributed by atoms with E-state index >= 15 is 0 Å². The molecule has 0 saturated carbocycles. The lowest BCUT2D eigenvalue weighted by molar-refractivity contribution is 0.622. The lowest BCUT2D eigenvalue weighted by Gasteiger charge is -1.92. The van der Waals surface area contributed by atoms with E-state index in [-0.39, 0.29) is 5.82 Å². The Morgan fingerprint density at radius 3 is 3.09 bits per heavy atom. The zero-order valence-electron chi connectivity index (χ0n) is 5.44. The number of halogens is 2. The van der Waals surface area contributed by atoms with Gasteiger partial charge in [0.15, 0.2) is 0 Å². The number of nitrogens with one attached hydrogen (secondary N) is 1. The maximum atomic E-state index is 12.9. The third-order valence-electron chi connectivity index (χ3n) is 1.46. The molecule has 4 heteroatoms. The summed E-state index contributed by atoms with van der Waals surface area (Å²) in [5.74, 6) is -0.206. The fraction of sp³-hybridized carbons (Fsp3) is 0. The summed E-state index contributed by atoms with van der Waals surface area (Å²) in [7, 11) is 0. The van der Waals surface area contributed by atoms with E-state index in [0.29, 0.717) is 3.57 Å². The Kier molecular flexibility index (Phi) is 1.56. The van der Waals surface area contributed by atoms with Gasteiger partial charge in [0.05, 0.1) is 20.9 Å². The minimum absolute atomic E-state index is 0.206. The number of rotatable bonds is 0. The minimum atomic E-state index is -0.206. The van der Waals surface area contributed by atoms with E-state index < -0.39 is 0 Å². The van der Waals surface area contributed by atoms with Crippen LogP contribution >= 0.6 is 22.6 Å². The van der Waals surface area contributed by atoms with Crippen molar-refractivity contribution in [2.24, 2.45) is 0 Å². The van der Waals surface area contributed by atoms with Crippen molar-refractivity contribution in [1.82, 2.24) is 9.97 Å². The Labute approximate surface area is 76.0 Å². The zero-order chi connectivity index (χ0) is 7.84. The smallest absolute Gasteiger partial charge is 0.138 e. The molecule has 1 heterocycles. The number of benzene rings is 1. The van der Waals surface area contributed by atoms with Crippen LogP contribution in [0, 0.1) is 9.39 Å². The molecule has 0 amide bonds. The van der Waals surface area contributed by atoms with Crippen molar-refractivity contribution in [3.63, 3.8) is 0 Å². The highest BCUT2D eigenvalue weighted by Crippen LogP contribution is 2.16. The first-order chi connectivity index (χ1) is 5.27. The highest BCUT2D eigenvalue weighted by atomic mass is 127. The predicted molar refractivity (Wildman–Crippen MR) is 48.8 cm³/mol. The second-order valence-corrected chi connectivity index (χ2v) is 3.35. The molecule has 0 fully saturated rings. The number of aromatic nitrogens is 2. The summed E-state index contributed by atoms with van der Waals surface area (Å²) >= 11 is 1.94. The molecule has 0 radical (unpaired) electrons. The number of aromatic amines is 1. The van der Waals surface area contributed by atoms with E-state index in [0.717, 1.165) is 11.0 Å². The van der Waals surface area contributed by atoms with Crippen LogP contribution in [0.5, 0.6) is 0 Å². The van der Waals surface area contributed by atoms with Crippen molar-refractivity contribution in [1.29, 1.82) is 0 Å². The predicted octanol–water partition coefficient (Wildman–Crippen LogP) is 2.31. The molecular formula is C7H4FIN2. The monoisotopic (exact) mass is 262 g/mol. The van der Waals surface area contributed by atoms with Crippen LogP contribution in [0.3, 0.4) is 0 Å². The van der Waals surface area contributed by atoms with Gasteiger partial charge in [-0.15, -0.1) is 0 Å². The Hall–Kier alpha value is -0.650. The van der Waals surface area contributed by atoms with Crippen molar-refractivity contribution in [2.75, 3.05) is 0 Å². The third-order valence-corrected chi connectivity index (χ3v) is 2.29. The molecule has 0 atom stereocenters. The molecule has 2 rings (SSSR count). The first-order valence-electron chi connectivity index (χ1n) is 3.05. The number of hydrogen-bond donors (Lipinski definition) is 1. The van der Waals surface area contributed by atoms with Crippen LogP contribution in [0.2, 0.25) is 0 Å². The van der Waals surface area contributed by atoms with Crippen LogP contribution in [0.15, 0.2) is 18.5 Å². The van der Waals surface area contributed by atoms with Crippen LogP contribution in [-0.4, -0.2) is 9.97 Å². The summed E-state index contributed by atoms with van der Waals surface area (Å²) in [6, 6.07) is 3.16. The number of fused-ring (bicyclic) bond motifs is 1. The van der Waals surface area contributed by atoms with Gasteiger partial charge in [-0.2, -0.15) is 0 Å². The summed E-state index contributed by atoms with van der Waals surface area (Å²) in [5.41, 5.74) is 1.54. The quantitative estimate of drug-likeness (QED) is 0.725. The van der Waals surface area contributed by atoms with Crippen LogP contribution in [0.25, 0.3) is 11.0 Å². The SMILES string of the molecule is Fc1cc2[nH]cnc2cc1I. The van der Waals surface area contributed by atoms with Gasteiger partial charge in [-0.05, 0) is 28.7 Å². The summed E-state index contributed by atoms with van der Waals surface area (Å²) in [4.78, 5) is 6.83. The van der Waals surface area contributed by atoms with Crippen LogP contribution in [0.1, 0.15) is 0 Å². The second-order valence-electron chi connectivity index (χ2n) is 2.19. The molecule has 1 aromatic carbocycles.